The van der Waals surface area contributed by atoms with Crippen LogP contribution in [0.3, 0.4) is 0 Å². The number of likely N-dealkylation sites (tertiary alicyclic amines) is 1. The maximum atomic E-state index is 12.9. The average Bonchev–Trinajstić information content (AvgIpc) is 3.25. The molecule has 9 heteroatoms. The van der Waals surface area contributed by atoms with Crippen molar-refractivity contribution in [2.75, 3.05) is 31.6 Å². The molecule has 0 bridgehead atoms. The second-order valence-electron chi connectivity index (χ2n) is 6.38. The predicted octanol–water partition coefficient (Wildman–Crippen LogP) is 3.17. The number of rotatable bonds is 6. The summed E-state index contributed by atoms with van der Waals surface area (Å²) in [6.07, 6.45) is -2.19. The van der Waals surface area contributed by atoms with Crippen molar-refractivity contribution in [1.82, 2.24) is 14.7 Å². The summed E-state index contributed by atoms with van der Waals surface area (Å²) in [5, 5.41) is 6.23. The van der Waals surface area contributed by atoms with Crippen molar-refractivity contribution < 1.29 is 22.7 Å². The number of halogens is 3. The molecule has 0 aliphatic carbocycles. The van der Waals surface area contributed by atoms with Crippen LogP contribution in [0.4, 0.5) is 18.9 Å². The highest BCUT2D eigenvalue weighted by molar-refractivity contribution is 6.03. The number of aryl methyl sites for hydroxylation is 1. The lowest BCUT2D eigenvalue weighted by molar-refractivity contribution is -0.143. The van der Waals surface area contributed by atoms with Gasteiger partial charge in [0, 0.05) is 19.7 Å². The number of carbonyl (C=O) groups is 1. The first-order chi connectivity index (χ1) is 12.8. The number of amides is 1. The highest BCUT2D eigenvalue weighted by Gasteiger charge is 2.35. The van der Waals surface area contributed by atoms with Crippen molar-refractivity contribution in [3.63, 3.8) is 0 Å². The van der Waals surface area contributed by atoms with E-state index in [2.05, 4.69) is 15.3 Å². The normalized spacial score (nSPS) is 15.1. The summed E-state index contributed by atoms with van der Waals surface area (Å²) in [4.78, 5) is 14.6. The SMILES string of the molecule is Cn1nc(C(=O)Nc2ccccc2OCCN2CCCC2)cc1C(F)(F)F. The minimum atomic E-state index is -4.57. The average molecular weight is 382 g/mol. The van der Waals surface area contributed by atoms with Crippen LogP contribution in [0, 0.1) is 0 Å². The number of para-hydroxylation sites is 2. The van der Waals surface area contributed by atoms with Crippen molar-refractivity contribution in [2.24, 2.45) is 7.05 Å². The summed E-state index contributed by atoms with van der Waals surface area (Å²) in [6.45, 7) is 3.37. The van der Waals surface area contributed by atoms with Crippen LogP contribution in [0.2, 0.25) is 0 Å². The molecule has 2 heterocycles. The van der Waals surface area contributed by atoms with E-state index in [1.54, 1.807) is 24.3 Å². The fraction of sp³-hybridized carbons (Fsp3) is 0.444. The van der Waals surface area contributed by atoms with E-state index in [0.717, 1.165) is 32.7 Å². The number of aromatic nitrogens is 2. The van der Waals surface area contributed by atoms with E-state index in [4.69, 9.17) is 4.74 Å². The third-order valence-corrected chi connectivity index (χ3v) is 4.40. The third kappa shape index (κ3) is 4.79. The van der Waals surface area contributed by atoms with Gasteiger partial charge >= 0.3 is 6.18 Å². The molecule has 1 saturated heterocycles. The standard InChI is InChI=1S/C18H21F3N4O2/c1-24-16(18(19,20)21)12-14(23-24)17(26)22-13-6-2-3-7-15(13)27-11-10-25-8-4-5-9-25/h2-3,6-7,12H,4-5,8-11H2,1H3,(H,22,26). The first-order valence-corrected chi connectivity index (χ1v) is 8.71. The van der Waals surface area contributed by atoms with Crippen molar-refractivity contribution in [3.8, 4) is 5.75 Å². The lowest BCUT2D eigenvalue weighted by Gasteiger charge is -2.16. The quantitative estimate of drug-likeness (QED) is 0.834. The summed E-state index contributed by atoms with van der Waals surface area (Å²) in [7, 11) is 1.15. The molecule has 0 atom stereocenters. The van der Waals surface area contributed by atoms with Gasteiger partial charge in [-0.25, -0.2) is 0 Å². The zero-order chi connectivity index (χ0) is 19.4. The Labute approximate surface area is 154 Å². The van der Waals surface area contributed by atoms with Gasteiger partial charge in [-0.3, -0.25) is 14.4 Å². The minimum absolute atomic E-state index is 0.309. The zero-order valence-corrected chi connectivity index (χ0v) is 14.9. The first-order valence-electron chi connectivity index (χ1n) is 8.71. The zero-order valence-electron chi connectivity index (χ0n) is 14.9. The Morgan fingerprint density at radius 2 is 1.96 bits per heavy atom. The number of anilines is 1. The molecule has 1 fully saturated rings. The molecular formula is C18H21F3N4O2. The van der Waals surface area contributed by atoms with Gasteiger partial charge in [0.25, 0.3) is 5.91 Å². The van der Waals surface area contributed by atoms with Crippen LogP contribution in [-0.2, 0) is 13.2 Å². The molecule has 1 aliphatic heterocycles. The molecular weight excluding hydrogens is 361 g/mol. The van der Waals surface area contributed by atoms with Gasteiger partial charge in [-0.2, -0.15) is 18.3 Å². The van der Waals surface area contributed by atoms with E-state index in [1.165, 1.54) is 12.8 Å². The molecule has 1 aliphatic rings. The van der Waals surface area contributed by atoms with Gasteiger partial charge < -0.3 is 10.1 Å². The Kier molecular flexibility index (Phi) is 5.69. The molecule has 27 heavy (non-hydrogen) atoms. The van der Waals surface area contributed by atoms with Crippen molar-refractivity contribution in [1.29, 1.82) is 0 Å². The van der Waals surface area contributed by atoms with Crippen molar-refractivity contribution in [3.05, 3.63) is 41.7 Å². The summed E-state index contributed by atoms with van der Waals surface area (Å²) in [5.74, 6) is -0.256. The Morgan fingerprint density at radius 1 is 1.26 bits per heavy atom. The number of ether oxygens (including phenoxy) is 1. The van der Waals surface area contributed by atoms with Crippen LogP contribution < -0.4 is 10.1 Å². The van der Waals surface area contributed by atoms with Crippen LogP contribution in [-0.4, -0.2) is 46.8 Å². The fourth-order valence-corrected chi connectivity index (χ4v) is 3.02. The maximum Gasteiger partial charge on any atom is 0.433 e. The third-order valence-electron chi connectivity index (χ3n) is 4.40. The molecule has 0 unspecified atom stereocenters. The minimum Gasteiger partial charge on any atom is -0.490 e. The number of alkyl halides is 3. The molecule has 0 spiro atoms. The van der Waals surface area contributed by atoms with Crippen molar-refractivity contribution in [2.45, 2.75) is 19.0 Å². The van der Waals surface area contributed by atoms with Crippen molar-refractivity contribution >= 4 is 11.6 Å². The topological polar surface area (TPSA) is 59.4 Å². The highest BCUT2D eigenvalue weighted by atomic mass is 19.4. The second-order valence-corrected chi connectivity index (χ2v) is 6.38. The van der Waals surface area contributed by atoms with E-state index in [0.29, 0.717) is 22.7 Å². The van der Waals surface area contributed by atoms with Gasteiger partial charge in [0.15, 0.2) is 5.69 Å². The maximum absolute atomic E-state index is 12.9. The summed E-state index contributed by atoms with van der Waals surface area (Å²) < 4.78 is 45.0. The van der Waals surface area contributed by atoms with E-state index >= 15 is 0 Å². The van der Waals surface area contributed by atoms with Gasteiger partial charge in [-0.15, -0.1) is 0 Å². The number of nitrogens with one attached hydrogen (secondary N) is 1. The van der Waals surface area contributed by atoms with Crippen LogP contribution >= 0.6 is 0 Å². The largest absolute Gasteiger partial charge is 0.490 e. The fourth-order valence-electron chi connectivity index (χ4n) is 3.02. The molecule has 1 amide bonds. The lowest BCUT2D eigenvalue weighted by atomic mass is 10.2. The lowest BCUT2D eigenvalue weighted by Crippen LogP contribution is -2.25. The molecule has 1 aromatic carbocycles. The van der Waals surface area contributed by atoms with Gasteiger partial charge in [-0.05, 0) is 38.1 Å². The molecule has 0 radical (unpaired) electrons. The Hall–Kier alpha value is -2.55. The molecule has 2 aromatic rings. The predicted molar refractivity (Wildman–Crippen MR) is 93.8 cm³/mol. The summed E-state index contributed by atoms with van der Waals surface area (Å²) >= 11 is 0. The van der Waals surface area contributed by atoms with Crippen LogP contribution in [0.1, 0.15) is 29.0 Å². The van der Waals surface area contributed by atoms with Gasteiger partial charge in [0.2, 0.25) is 0 Å². The molecule has 1 N–H and O–H groups in total. The van der Waals surface area contributed by atoms with E-state index < -0.39 is 17.8 Å². The Bertz CT molecular complexity index is 798. The monoisotopic (exact) mass is 382 g/mol. The van der Waals surface area contributed by atoms with E-state index in [-0.39, 0.29) is 5.69 Å². The van der Waals surface area contributed by atoms with Crippen LogP contribution in [0.25, 0.3) is 0 Å². The molecule has 1 aromatic heterocycles. The first kappa shape index (κ1) is 19.2. The number of hydrogen-bond acceptors (Lipinski definition) is 4. The molecule has 3 rings (SSSR count). The van der Waals surface area contributed by atoms with Crippen LogP contribution in [0.15, 0.2) is 30.3 Å². The molecule has 0 saturated carbocycles. The smallest absolute Gasteiger partial charge is 0.433 e. The summed E-state index contributed by atoms with van der Waals surface area (Å²) in [6, 6.07) is 7.55. The molecule has 6 nitrogen and oxygen atoms in total. The highest BCUT2D eigenvalue weighted by Crippen LogP contribution is 2.30. The Balaban J connectivity index is 1.65. The summed E-state index contributed by atoms with van der Waals surface area (Å²) in [5.41, 5.74) is -0.900. The van der Waals surface area contributed by atoms with E-state index in [9.17, 15) is 18.0 Å². The van der Waals surface area contributed by atoms with E-state index in [1.807, 2.05) is 0 Å². The van der Waals surface area contributed by atoms with Gasteiger partial charge in [-0.1, -0.05) is 12.1 Å². The number of benzene rings is 1. The number of hydrogen-bond donors (Lipinski definition) is 1. The number of nitrogens with zero attached hydrogens (tertiary/aromatic N) is 3. The molecule has 146 valence electrons. The Morgan fingerprint density at radius 3 is 2.63 bits per heavy atom. The second kappa shape index (κ2) is 7.99. The van der Waals surface area contributed by atoms with Gasteiger partial charge in [0.1, 0.15) is 18.1 Å². The van der Waals surface area contributed by atoms with Crippen LogP contribution in [0.5, 0.6) is 5.75 Å². The number of carbonyl (C=O) groups excluding carboxylic acids is 1. The van der Waals surface area contributed by atoms with Gasteiger partial charge in [0.05, 0.1) is 5.69 Å².